The second-order valence-corrected chi connectivity index (χ2v) is 13.0. The van der Waals surface area contributed by atoms with Crippen molar-refractivity contribution < 1.29 is 17.9 Å². The van der Waals surface area contributed by atoms with Crippen LogP contribution in [0.2, 0.25) is 0 Å². The number of sulfone groups is 1. The van der Waals surface area contributed by atoms with E-state index in [4.69, 9.17) is 9.47 Å². The molecular weight excluding hydrogens is 536 g/mol. The van der Waals surface area contributed by atoms with Gasteiger partial charge in [-0.05, 0) is 55.7 Å². The number of aryl methyl sites for hydroxylation is 2. The zero-order valence-electron chi connectivity index (χ0n) is 23.9. The van der Waals surface area contributed by atoms with Crippen molar-refractivity contribution in [3.05, 3.63) is 72.1 Å². The van der Waals surface area contributed by atoms with E-state index in [0.717, 1.165) is 58.8 Å². The molecule has 0 amide bonds. The smallest absolute Gasteiger partial charge is 0.198 e. The zero-order valence-corrected chi connectivity index (χ0v) is 24.7. The second-order valence-electron chi connectivity index (χ2n) is 11.0. The first-order valence-corrected chi connectivity index (χ1v) is 15.6. The molecule has 0 aliphatic heterocycles. The first-order chi connectivity index (χ1) is 19.8. The number of aromatic amines is 1. The lowest BCUT2D eigenvalue weighted by molar-refractivity contribution is 0.355. The Labute approximate surface area is 240 Å². The Balaban J connectivity index is 1.50. The van der Waals surface area contributed by atoms with Crippen LogP contribution in [0, 0.1) is 6.92 Å². The third kappa shape index (κ3) is 4.97. The van der Waals surface area contributed by atoms with E-state index in [0.29, 0.717) is 27.6 Å². The molecule has 1 saturated carbocycles. The zero-order chi connectivity index (χ0) is 28.7. The largest absolute Gasteiger partial charge is 0.493 e. The van der Waals surface area contributed by atoms with Crippen molar-refractivity contribution in [1.29, 1.82) is 0 Å². The summed E-state index contributed by atoms with van der Waals surface area (Å²) in [5.74, 6) is 1.30. The number of rotatable bonds is 8. The number of hydrogen-bond acceptors (Lipinski definition) is 6. The van der Waals surface area contributed by atoms with Crippen LogP contribution in [0.3, 0.4) is 0 Å². The van der Waals surface area contributed by atoms with E-state index in [1.165, 1.54) is 6.42 Å². The Morgan fingerprint density at radius 1 is 0.976 bits per heavy atom. The standard InChI is InChI=1S/C32H36N4O4S/c1-20-10-12-22(13-11-20)41(37,38)32(34-21-8-6-5-7-9-21)23-14-15-33-31-25(23)16-27(35-31)26-19-36(2)28-18-30(40-4)29(39-3)17-24(26)28/h10-19,21,32,34H,5-9H2,1-4H3,(H,33,35). The predicted octanol–water partition coefficient (Wildman–Crippen LogP) is 6.44. The third-order valence-electron chi connectivity index (χ3n) is 8.29. The van der Waals surface area contributed by atoms with Gasteiger partial charge in [-0.2, -0.15) is 0 Å². The number of nitrogens with zero attached hydrogens (tertiary/aromatic N) is 2. The molecule has 5 aromatic rings. The van der Waals surface area contributed by atoms with Crippen molar-refractivity contribution in [2.75, 3.05) is 14.2 Å². The van der Waals surface area contributed by atoms with E-state index in [2.05, 4.69) is 21.5 Å². The minimum atomic E-state index is -3.75. The maximum Gasteiger partial charge on any atom is 0.198 e. The summed E-state index contributed by atoms with van der Waals surface area (Å²) in [5.41, 5.74) is 5.16. The number of benzene rings is 2. The molecule has 6 rings (SSSR count). The molecule has 1 aliphatic carbocycles. The topological polar surface area (TPSA) is 98.2 Å². The summed E-state index contributed by atoms with van der Waals surface area (Å²) in [7, 11) is 1.49. The number of pyridine rings is 1. The van der Waals surface area contributed by atoms with Crippen molar-refractivity contribution in [3.8, 4) is 22.8 Å². The van der Waals surface area contributed by atoms with E-state index in [1.807, 2.05) is 54.9 Å². The number of ether oxygens (including phenoxy) is 2. The van der Waals surface area contributed by atoms with E-state index in [-0.39, 0.29) is 6.04 Å². The minimum absolute atomic E-state index is 0.135. The molecule has 8 nitrogen and oxygen atoms in total. The van der Waals surface area contributed by atoms with E-state index in [1.54, 1.807) is 32.5 Å². The van der Waals surface area contributed by atoms with Crippen LogP contribution in [0.4, 0.5) is 0 Å². The number of nitrogens with one attached hydrogen (secondary N) is 2. The van der Waals surface area contributed by atoms with E-state index < -0.39 is 15.2 Å². The average Bonchev–Trinajstić information content (AvgIpc) is 3.56. The summed E-state index contributed by atoms with van der Waals surface area (Å²) >= 11 is 0. The molecule has 0 spiro atoms. The highest BCUT2D eigenvalue weighted by Gasteiger charge is 2.33. The minimum Gasteiger partial charge on any atom is -0.493 e. The fourth-order valence-corrected chi connectivity index (χ4v) is 7.74. The Hall–Kier alpha value is -3.82. The molecule has 0 bridgehead atoms. The molecule has 214 valence electrons. The lowest BCUT2D eigenvalue weighted by Gasteiger charge is -2.29. The molecule has 0 saturated heterocycles. The molecular formula is C32H36N4O4S. The van der Waals surface area contributed by atoms with Gasteiger partial charge in [0.1, 0.15) is 11.0 Å². The van der Waals surface area contributed by atoms with Gasteiger partial charge in [0.15, 0.2) is 21.3 Å². The Morgan fingerprint density at radius 3 is 2.39 bits per heavy atom. The number of H-pyrrole nitrogens is 1. The van der Waals surface area contributed by atoms with Gasteiger partial charge in [0.2, 0.25) is 0 Å². The van der Waals surface area contributed by atoms with Crippen LogP contribution in [0.5, 0.6) is 11.5 Å². The van der Waals surface area contributed by atoms with Crippen molar-refractivity contribution >= 4 is 31.8 Å². The van der Waals surface area contributed by atoms with Gasteiger partial charge >= 0.3 is 0 Å². The normalized spacial score (nSPS) is 15.4. The lowest BCUT2D eigenvalue weighted by atomic mass is 9.95. The molecule has 1 atom stereocenters. The van der Waals surface area contributed by atoms with Crippen molar-refractivity contribution in [1.82, 2.24) is 19.9 Å². The maximum absolute atomic E-state index is 14.2. The Bertz CT molecular complexity index is 1820. The Kier molecular flexibility index (Phi) is 7.25. The van der Waals surface area contributed by atoms with Gasteiger partial charge in [0.05, 0.1) is 24.6 Å². The fraction of sp³-hybridized carbons (Fsp3) is 0.344. The van der Waals surface area contributed by atoms with Crippen molar-refractivity contribution in [2.45, 2.75) is 55.3 Å². The van der Waals surface area contributed by atoms with Crippen molar-refractivity contribution in [3.63, 3.8) is 0 Å². The molecule has 1 fully saturated rings. The van der Waals surface area contributed by atoms with Gasteiger partial charge < -0.3 is 19.0 Å². The van der Waals surface area contributed by atoms with Gasteiger partial charge in [-0.3, -0.25) is 5.32 Å². The van der Waals surface area contributed by atoms with E-state index in [9.17, 15) is 8.42 Å². The van der Waals surface area contributed by atoms with Gasteiger partial charge in [-0.1, -0.05) is 37.0 Å². The summed E-state index contributed by atoms with van der Waals surface area (Å²) in [4.78, 5) is 8.38. The van der Waals surface area contributed by atoms with Crippen molar-refractivity contribution in [2.24, 2.45) is 7.05 Å². The summed E-state index contributed by atoms with van der Waals surface area (Å²) in [6, 6.07) is 15.0. The molecule has 3 aromatic heterocycles. The quantitative estimate of drug-likeness (QED) is 0.222. The monoisotopic (exact) mass is 572 g/mol. The van der Waals surface area contributed by atoms with Gasteiger partial charge in [-0.15, -0.1) is 0 Å². The summed E-state index contributed by atoms with van der Waals surface area (Å²) in [6.45, 7) is 1.96. The molecule has 3 heterocycles. The molecule has 9 heteroatoms. The molecule has 2 N–H and O–H groups in total. The molecule has 0 radical (unpaired) electrons. The average molecular weight is 573 g/mol. The molecule has 1 aliphatic rings. The first-order valence-electron chi connectivity index (χ1n) is 14.1. The highest BCUT2D eigenvalue weighted by Crippen LogP contribution is 2.40. The fourth-order valence-electron chi connectivity index (χ4n) is 6.04. The van der Waals surface area contributed by atoms with Gasteiger partial charge in [0.25, 0.3) is 0 Å². The SMILES string of the molecule is COc1cc2c(-c3cc4c(C(NC5CCCCC5)S(=O)(=O)c5ccc(C)cc5)ccnc4[nH]3)cn(C)c2cc1OC. The lowest BCUT2D eigenvalue weighted by Crippen LogP contribution is -2.38. The second kappa shape index (κ2) is 10.9. The molecule has 1 unspecified atom stereocenters. The first kappa shape index (κ1) is 27.4. The van der Waals surface area contributed by atoms with Gasteiger partial charge in [0, 0.05) is 53.6 Å². The maximum atomic E-state index is 14.2. The predicted molar refractivity (Wildman–Crippen MR) is 162 cm³/mol. The van der Waals surface area contributed by atoms with Crippen LogP contribution in [0.15, 0.2) is 65.8 Å². The van der Waals surface area contributed by atoms with Crippen LogP contribution in [0.25, 0.3) is 33.2 Å². The third-order valence-corrected chi connectivity index (χ3v) is 10.2. The van der Waals surface area contributed by atoms with Crippen LogP contribution in [0.1, 0.15) is 48.6 Å². The Morgan fingerprint density at radius 2 is 1.68 bits per heavy atom. The highest BCUT2D eigenvalue weighted by molar-refractivity contribution is 7.91. The number of hydrogen-bond donors (Lipinski definition) is 2. The number of methoxy groups -OCH3 is 2. The summed E-state index contributed by atoms with van der Waals surface area (Å²) < 4.78 is 41.6. The summed E-state index contributed by atoms with van der Waals surface area (Å²) in [5, 5.41) is 4.43. The molecule has 2 aromatic carbocycles. The summed E-state index contributed by atoms with van der Waals surface area (Å²) in [6.07, 6.45) is 9.07. The van der Waals surface area contributed by atoms with E-state index >= 15 is 0 Å². The van der Waals surface area contributed by atoms with Crippen LogP contribution in [-0.2, 0) is 16.9 Å². The van der Waals surface area contributed by atoms with Crippen LogP contribution in [-0.4, -0.2) is 43.2 Å². The van der Waals surface area contributed by atoms with Crippen LogP contribution < -0.4 is 14.8 Å². The number of fused-ring (bicyclic) bond motifs is 2. The highest BCUT2D eigenvalue weighted by atomic mass is 32.2. The van der Waals surface area contributed by atoms with Crippen LogP contribution >= 0.6 is 0 Å². The van der Waals surface area contributed by atoms with Gasteiger partial charge in [-0.25, -0.2) is 13.4 Å². The molecule has 41 heavy (non-hydrogen) atoms. The number of aromatic nitrogens is 3.